The molecule has 0 aliphatic carbocycles. The Hall–Kier alpha value is -2.29. The van der Waals surface area contributed by atoms with E-state index in [-0.39, 0.29) is 11.5 Å². The number of rotatable bonds is 11. The zero-order chi connectivity index (χ0) is 32.9. The van der Waals surface area contributed by atoms with E-state index in [2.05, 4.69) is 72.9 Å². The highest BCUT2D eigenvalue weighted by molar-refractivity contribution is 7.92. The van der Waals surface area contributed by atoms with Gasteiger partial charge in [0.05, 0.1) is 15.2 Å². The van der Waals surface area contributed by atoms with Crippen LogP contribution in [-0.4, -0.2) is 82.7 Å². The molecule has 1 amide bonds. The molecule has 2 saturated heterocycles. The van der Waals surface area contributed by atoms with Crippen molar-refractivity contribution in [3.05, 3.63) is 28.8 Å². The zero-order valence-electron chi connectivity index (χ0n) is 27.6. The minimum Gasteiger partial charge on any atom is -0.416 e. The van der Waals surface area contributed by atoms with Gasteiger partial charge in [-0.25, -0.2) is 23.7 Å². The predicted molar refractivity (Wildman–Crippen MR) is 182 cm³/mol. The summed E-state index contributed by atoms with van der Waals surface area (Å²) in [6, 6.07) is 5.79. The van der Waals surface area contributed by atoms with Crippen molar-refractivity contribution in [2.75, 3.05) is 39.1 Å². The Balaban J connectivity index is 1.28. The molecule has 2 atom stereocenters. The van der Waals surface area contributed by atoms with Crippen molar-refractivity contribution < 1.29 is 27.2 Å². The number of nitrogens with zero attached hydrogens (tertiary/aromatic N) is 2. The maximum Gasteiger partial charge on any atom is 0.264 e. The SMILES string of the molecule is CC(C)(C)[Si](C)(C)OCCN1CC(C#CC#Cc2ccc3nc(CC[C@](C)(C(=O)NOC4CCCCO4)S(C)(=O)=O)sc3c2)C1. The molecule has 0 saturated carbocycles. The molecule has 2 aliphatic rings. The largest absolute Gasteiger partial charge is 0.416 e. The molecule has 1 N–H and O–H groups in total. The number of hydrogen-bond acceptors (Lipinski definition) is 9. The van der Waals surface area contributed by atoms with E-state index in [9.17, 15) is 13.2 Å². The van der Waals surface area contributed by atoms with Gasteiger partial charge in [-0.15, -0.1) is 11.3 Å². The van der Waals surface area contributed by atoms with Crippen molar-refractivity contribution >= 4 is 45.6 Å². The summed E-state index contributed by atoms with van der Waals surface area (Å²) in [5.41, 5.74) is 3.98. The standard InChI is InChI=1S/C33H47N3O6S2Si/c1-32(2,3)45(6,7)41-21-19-36-23-26(24-36)13-9-8-12-25-15-16-27-28(22-25)43-29(34-27)17-18-33(4,44(5,38)39)31(37)35-42-30-14-10-11-20-40-30/h15-16,22,26,30H,10-11,14,17-21,23-24H2,1-7H3,(H,35,37)/t30?,33-/m1/s1. The fourth-order valence-corrected chi connectivity index (χ4v) is 7.62. The first kappa shape index (κ1) is 35.6. The summed E-state index contributed by atoms with van der Waals surface area (Å²) in [5.74, 6) is 12.0. The van der Waals surface area contributed by atoms with Crippen LogP contribution >= 0.6 is 11.3 Å². The zero-order valence-corrected chi connectivity index (χ0v) is 30.3. The fourth-order valence-electron chi connectivity index (χ4n) is 4.73. The summed E-state index contributed by atoms with van der Waals surface area (Å²) in [7, 11) is -5.46. The van der Waals surface area contributed by atoms with E-state index < -0.39 is 35.1 Å². The summed E-state index contributed by atoms with van der Waals surface area (Å²) in [4.78, 5) is 25.4. The van der Waals surface area contributed by atoms with Gasteiger partial charge in [0.2, 0.25) is 0 Å². The lowest BCUT2D eigenvalue weighted by molar-refractivity contribution is -0.201. The van der Waals surface area contributed by atoms with Crippen LogP contribution in [0.1, 0.15) is 63.9 Å². The topological polar surface area (TPSA) is 107 Å². The summed E-state index contributed by atoms with van der Waals surface area (Å²) in [6.45, 7) is 16.9. The van der Waals surface area contributed by atoms with Gasteiger partial charge in [0, 0.05) is 63.4 Å². The molecule has 246 valence electrons. The molecule has 3 heterocycles. The van der Waals surface area contributed by atoms with Crippen LogP contribution in [0.5, 0.6) is 0 Å². The van der Waals surface area contributed by atoms with Gasteiger partial charge in [0.1, 0.15) is 4.75 Å². The lowest BCUT2D eigenvalue weighted by atomic mass is 10.0. The quantitative estimate of drug-likeness (QED) is 0.204. The van der Waals surface area contributed by atoms with E-state index in [1.54, 1.807) is 0 Å². The van der Waals surface area contributed by atoms with Crippen molar-refractivity contribution in [1.29, 1.82) is 0 Å². The molecule has 0 spiro atoms. The summed E-state index contributed by atoms with van der Waals surface area (Å²) >= 11 is 1.47. The van der Waals surface area contributed by atoms with Gasteiger partial charge >= 0.3 is 0 Å². The molecular formula is C33H47N3O6S2Si. The minimum atomic E-state index is -3.75. The van der Waals surface area contributed by atoms with Crippen LogP contribution in [0.25, 0.3) is 10.2 Å². The predicted octanol–water partition coefficient (Wildman–Crippen LogP) is 4.92. The van der Waals surface area contributed by atoms with Gasteiger partial charge in [0.15, 0.2) is 24.4 Å². The highest BCUT2D eigenvalue weighted by Gasteiger charge is 2.44. The Morgan fingerprint density at radius 2 is 1.96 bits per heavy atom. The first-order valence-corrected chi connectivity index (χ1v) is 21.2. The molecule has 1 aromatic carbocycles. The van der Waals surface area contributed by atoms with Crippen LogP contribution in [0, 0.1) is 29.6 Å². The molecule has 12 heteroatoms. The third-order valence-corrected chi connectivity index (χ3v) is 16.8. The van der Waals surface area contributed by atoms with E-state index in [1.807, 2.05) is 18.2 Å². The summed E-state index contributed by atoms with van der Waals surface area (Å²) in [6.07, 6.45) is 3.41. The fraction of sp³-hybridized carbons (Fsp3) is 0.636. The van der Waals surface area contributed by atoms with Crippen molar-refractivity contribution in [1.82, 2.24) is 15.4 Å². The normalized spacial score (nSPS) is 19.5. The molecule has 1 aromatic heterocycles. The molecule has 2 aliphatic heterocycles. The van der Waals surface area contributed by atoms with Gasteiger partial charge in [-0.1, -0.05) is 32.6 Å². The molecule has 0 bridgehead atoms. The maximum atomic E-state index is 13.0. The van der Waals surface area contributed by atoms with Gasteiger partial charge in [0.25, 0.3) is 5.91 Å². The smallest absolute Gasteiger partial charge is 0.264 e. The number of fused-ring (bicyclic) bond motifs is 1. The van der Waals surface area contributed by atoms with Crippen LogP contribution < -0.4 is 5.48 Å². The number of sulfone groups is 1. The van der Waals surface area contributed by atoms with Crippen molar-refractivity contribution in [2.45, 2.75) is 89.0 Å². The van der Waals surface area contributed by atoms with Crippen LogP contribution in [0.15, 0.2) is 18.2 Å². The number of nitrogens with one attached hydrogen (secondary N) is 1. The van der Waals surface area contributed by atoms with E-state index in [0.29, 0.717) is 25.4 Å². The second-order valence-electron chi connectivity index (χ2n) is 13.7. The number of amides is 1. The molecule has 45 heavy (non-hydrogen) atoms. The lowest BCUT2D eigenvalue weighted by Crippen LogP contribution is -2.51. The molecule has 0 radical (unpaired) electrons. The first-order chi connectivity index (χ1) is 21.1. The molecule has 2 aromatic rings. The Morgan fingerprint density at radius 1 is 1.20 bits per heavy atom. The van der Waals surface area contributed by atoms with Gasteiger partial charge in [-0.05, 0) is 74.4 Å². The van der Waals surface area contributed by atoms with Crippen LogP contribution in [0.4, 0.5) is 0 Å². The van der Waals surface area contributed by atoms with Gasteiger partial charge in [-0.2, -0.15) is 0 Å². The van der Waals surface area contributed by atoms with Gasteiger partial charge < -0.3 is 9.16 Å². The number of hydrogen-bond donors (Lipinski definition) is 1. The number of aromatic nitrogens is 1. The number of hydroxylamine groups is 1. The highest BCUT2D eigenvalue weighted by atomic mass is 32.2. The Labute approximate surface area is 273 Å². The molecular weight excluding hydrogens is 627 g/mol. The van der Waals surface area contributed by atoms with Crippen molar-refractivity contribution in [3.8, 4) is 23.7 Å². The number of carbonyl (C=O) groups is 1. The summed E-state index contributed by atoms with van der Waals surface area (Å²) < 4.78 is 36.4. The monoisotopic (exact) mass is 673 g/mol. The van der Waals surface area contributed by atoms with Crippen LogP contribution in [0.2, 0.25) is 18.1 Å². The summed E-state index contributed by atoms with van der Waals surface area (Å²) in [5, 5.41) is 0.974. The molecule has 2 fully saturated rings. The third-order valence-electron chi connectivity index (χ3n) is 9.15. The molecule has 9 nitrogen and oxygen atoms in total. The second-order valence-corrected chi connectivity index (χ2v) is 22.1. The molecule has 4 rings (SSSR count). The van der Waals surface area contributed by atoms with Crippen molar-refractivity contribution in [3.63, 3.8) is 0 Å². The Morgan fingerprint density at radius 3 is 2.62 bits per heavy atom. The van der Waals surface area contributed by atoms with Crippen LogP contribution in [-0.2, 0) is 35.1 Å². The van der Waals surface area contributed by atoms with E-state index >= 15 is 0 Å². The molecule has 1 unspecified atom stereocenters. The maximum absolute atomic E-state index is 13.0. The van der Waals surface area contributed by atoms with Crippen LogP contribution in [0.3, 0.4) is 0 Å². The number of thiazole rings is 1. The van der Waals surface area contributed by atoms with Crippen molar-refractivity contribution in [2.24, 2.45) is 5.92 Å². The van der Waals surface area contributed by atoms with Gasteiger partial charge in [-0.3, -0.25) is 9.69 Å². The Kier molecular flexibility index (Phi) is 11.6. The number of benzene rings is 1. The lowest BCUT2D eigenvalue weighted by Gasteiger charge is -2.39. The first-order valence-electron chi connectivity index (χ1n) is 15.6. The highest BCUT2D eigenvalue weighted by Crippen LogP contribution is 2.36. The van der Waals surface area contributed by atoms with E-state index in [4.69, 9.17) is 14.0 Å². The number of carbonyl (C=O) groups excluding carboxylic acids is 1. The van der Waals surface area contributed by atoms with E-state index in [0.717, 1.165) is 66.1 Å². The Bertz CT molecular complexity index is 1580. The minimum absolute atomic E-state index is 0.0663. The third kappa shape index (κ3) is 9.38. The number of ether oxygens (including phenoxy) is 1. The number of aryl methyl sites for hydroxylation is 1. The average Bonchev–Trinajstić information content (AvgIpc) is 3.36. The number of likely N-dealkylation sites (tertiary alicyclic amines) is 1. The van der Waals surface area contributed by atoms with E-state index in [1.165, 1.54) is 18.3 Å². The average molecular weight is 674 g/mol. The second kappa shape index (κ2) is 14.6.